The Morgan fingerprint density at radius 1 is 0.800 bits per heavy atom. The molecule has 0 bridgehead atoms. The zero-order valence-corrected chi connectivity index (χ0v) is 14.3. The fraction of sp³-hybridized carbons (Fsp3) is 0.222. The van der Waals surface area contributed by atoms with Crippen molar-refractivity contribution >= 4 is 5.97 Å². The van der Waals surface area contributed by atoms with Crippen molar-refractivity contribution in [1.82, 2.24) is 0 Å². The van der Waals surface area contributed by atoms with Crippen LogP contribution >= 0.6 is 0 Å². The molecule has 0 radical (unpaired) electrons. The first-order valence-electron chi connectivity index (χ1n) is 7.18. The van der Waals surface area contributed by atoms with Crippen LogP contribution < -0.4 is 23.7 Å². The topological polar surface area (TPSA) is 87.0 Å². The van der Waals surface area contributed by atoms with Gasteiger partial charge in [-0.05, 0) is 12.1 Å². The number of carbonyl (C=O) groups is 1. The van der Waals surface area contributed by atoms with Gasteiger partial charge in [0.25, 0.3) is 0 Å². The highest BCUT2D eigenvalue weighted by atomic mass is 16.6. The summed E-state index contributed by atoms with van der Waals surface area (Å²) in [5, 5.41) is 8.93. The van der Waals surface area contributed by atoms with Crippen LogP contribution in [0.5, 0.6) is 28.7 Å². The van der Waals surface area contributed by atoms with Crippen LogP contribution in [0.3, 0.4) is 0 Å². The highest BCUT2D eigenvalue weighted by Gasteiger charge is 2.21. The molecule has 0 atom stereocenters. The lowest BCUT2D eigenvalue weighted by molar-refractivity contribution is 0.0725. The number of hydrogen-bond acceptors (Lipinski definition) is 7. The monoisotopic (exact) mass is 343 g/mol. The van der Waals surface area contributed by atoms with Crippen LogP contribution in [0.1, 0.15) is 15.9 Å². The molecule has 0 aliphatic carbocycles. The SMILES string of the molecule is COc1cc(OC)c(C(=O)Oc2ccc(C#N)cc2OC)cc1OC. The fourth-order valence-corrected chi connectivity index (χ4v) is 2.17. The molecule has 0 unspecified atom stereocenters. The number of carbonyl (C=O) groups excluding carboxylic acids is 1. The lowest BCUT2D eigenvalue weighted by Gasteiger charge is -2.14. The summed E-state index contributed by atoms with van der Waals surface area (Å²) in [4.78, 5) is 12.6. The summed E-state index contributed by atoms with van der Waals surface area (Å²) in [5.74, 6) is 0.847. The molecular weight excluding hydrogens is 326 g/mol. The van der Waals surface area contributed by atoms with Gasteiger partial charge in [-0.25, -0.2) is 4.79 Å². The minimum absolute atomic E-state index is 0.159. The first-order valence-corrected chi connectivity index (χ1v) is 7.18. The van der Waals surface area contributed by atoms with Gasteiger partial charge in [-0.3, -0.25) is 0 Å². The van der Waals surface area contributed by atoms with Gasteiger partial charge in [0.05, 0.1) is 40.1 Å². The maximum atomic E-state index is 12.6. The number of methoxy groups -OCH3 is 4. The van der Waals surface area contributed by atoms with Crippen LogP contribution in [-0.2, 0) is 0 Å². The molecule has 0 spiro atoms. The molecule has 0 heterocycles. The Hall–Kier alpha value is -3.40. The quantitative estimate of drug-likeness (QED) is 0.589. The zero-order chi connectivity index (χ0) is 18.4. The van der Waals surface area contributed by atoms with E-state index in [0.717, 1.165) is 0 Å². The largest absolute Gasteiger partial charge is 0.496 e. The van der Waals surface area contributed by atoms with Crippen molar-refractivity contribution in [2.24, 2.45) is 0 Å². The lowest BCUT2D eigenvalue weighted by atomic mass is 10.1. The zero-order valence-electron chi connectivity index (χ0n) is 14.3. The number of benzene rings is 2. The average molecular weight is 343 g/mol. The Kier molecular flexibility index (Phi) is 5.69. The molecule has 25 heavy (non-hydrogen) atoms. The van der Waals surface area contributed by atoms with Crippen molar-refractivity contribution in [2.45, 2.75) is 0 Å². The van der Waals surface area contributed by atoms with E-state index < -0.39 is 5.97 Å². The van der Waals surface area contributed by atoms with Gasteiger partial charge in [-0.1, -0.05) is 0 Å². The molecule has 130 valence electrons. The number of hydrogen-bond donors (Lipinski definition) is 0. The van der Waals surface area contributed by atoms with Crippen LogP contribution in [0.15, 0.2) is 30.3 Å². The second-order valence-corrected chi connectivity index (χ2v) is 4.77. The van der Waals surface area contributed by atoms with Crippen molar-refractivity contribution < 1.29 is 28.5 Å². The third-order valence-electron chi connectivity index (χ3n) is 3.42. The van der Waals surface area contributed by atoms with Crippen LogP contribution in [0.4, 0.5) is 0 Å². The summed E-state index contributed by atoms with van der Waals surface area (Å²) < 4.78 is 26.2. The molecule has 0 aromatic heterocycles. The van der Waals surface area contributed by atoms with Gasteiger partial charge >= 0.3 is 5.97 Å². The Labute approximate surface area is 145 Å². The molecule has 0 amide bonds. The van der Waals surface area contributed by atoms with Crippen molar-refractivity contribution in [3.63, 3.8) is 0 Å². The van der Waals surface area contributed by atoms with Crippen LogP contribution in [0.25, 0.3) is 0 Å². The normalized spacial score (nSPS) is 9.72. The molecule has 2 rings (SSSR count). The summed E-state index contributed by atoms with van der Waals surface area (Å²) in [7, 11) is 5.80. The summed E-state index contributed by atoms with van der Waals surface area (Å²) in [6, 6.07) is 9.48. The number of rotatable bonds is 6. The van der Waals surface area contributed by atoms with E-state index in [1.165, 1.54) is 58.8 Å². The predicted molar refractivity (Wildman–Crippen MR) is 88.8 cm³/mol. The standard InChI is InChI=1S/C18H17NO6/c1-21-14-9-17(24-4)16(23-3)8-12(14)18(20)25-13-6-5-11(10-19)7-15(13)22-2/h5-9H,1-4H3. The van der Waals surface area contributed by atoms with Gasteiger partial charge in [0.1, 0.15) is 11.3 Å². The Morgan fingerprint density at radius 2 is 1.36 bits per heavy atom. The van der Waals surface area contributed by atoms with E-state index in [9.17, 15) is 4.79 Å². The highest BCUT2D eigenvalue weighted by molar-refractivity contribution is 5.95. The van der Waals surface area contributed by atoms with Gasteiger partial charge in [0, 0.05) is 18.2 Å². The minimum Gasteiger partial charge on any atom is -0.496 e. The second-order valence-electron chi connectivity index (χ2n) is 4.77. The summed E-state index contributed by atoms with van der Waals surface area (Å²) in [6.07, 6.45) is 0. The molecule has 0 N–H and O–H groups in total. The molecule has 7 heteroatoms. The van der Waals surface area contributed by atoms with Gasteiger partial charge in [0.15, 0.2) is 23.0 Å². The molecule has 7 nitrogen and oxygen atoms in total. The molecular formula is C18H17NO6. The Bertz CT molecular complexity index is 825. The third kappa shape index (κ3) is 3.75. The third-order valence-corrected chi connectivity index (χ3v) is 3.42. The smallest absolute Gasteiger partial charge is 0.347 e. The van der Waals surface area contributed by atoms with E-state index in [-0.39, 0.29) is 22.8 Å². The first-order chi connectivity index (χ1) is 12.1. The van der Waals surface area contributed by atoms with Gasteiger partial charge in [-0.2, -0.15) is 5.26 Å². The van der Waals surface area contributed by atoms with Gasteiger partial charge < -0.3 is 23.7 Å². The molecule has 2 aromatic rings. The molecule has 2 aromatic carbocycles. The molecule has 0 aliphatic heterocycles. The fourth-order valence-electron chi connectivity index (χ4n) is 2.17. The van der Waals surface area contributed by atoms with Crippen molar-refractivity contribution in [3.8, 4) is 34.8 Å². The van der Waals surface area contributed by atoms with Crippen LogP contribution in [-0.4, -0.2) is 34.4 Å². The highest BCUT2D eigenvalue weighted by Crippen LogP contribution is 2.36. The maximum absolute atomic E-state index is 12.6. The second kappa shape index (κ2) is 7.93. The van der Waals surface area contributed by atoms with E-state index in [0.29, 0.717) is 17.1 Å². The molecule has 0 aliphatic rings. The maximum Gasteiger partial charge on any atom is 0.347 e. The van der Waals surface area contributed by atoms with E-state index >= 15 is 0 Å². The minimum atomic E-state index is -0.666. The molecule has 0 saturated carbocycles. The molecule has 0 saturated heterocycles. The van der Waals surface area contributed by atoms with Gasteiger partial charge in [0.2, 0.25) is 0 Å². The number of esters is 1. The summed E-state index contributed by atoms with van der Waals surface area (Å²) >= 11 is 0. The van der Waals surface area contributed by atoms with E-state index in [2.05, 4.69) is 0 Å². The average Bonchev–Trinajstić information content (AvgIpc) is 2.66. The van der Waals surface area contributed by atoms with E-state index in [1.54, 1.807) is 0 Å². The van der Waals surface area contributed by atoms with Crippen LogP contribution in [0, 0.1) is 11.3 Å². The van der Waals surface area contributed by atoms with Gasteiger partial charge in [-0.15, -0.1) is 0 Å². The summed E-state index contributed by atoms with van der Waals surface area (Å²) in [5.41, 5.74) is 0.548. The predicted octanol–water partition coefficient (Wildman–Crippen LogP) is 2.81. The summed E-state index contributed by atoms with van der Waals surface area (Å²) in [6.45, 7) is 0. The van der Waals surface area contributed by atoms with Crippen LogP contribution in [0.2, 0.25) is 0 Å². The van der Waals surface area contributed by atoms with Crippen molar-refractivity contribution in [1.29, 1.82) is 5.26 Å². The number of nitrogens with zero attached hydrogens (tertiary/aromatic N) is 1. The lowest BCUT2D eigenvalue weighted by Crippen LogP contribution is -2.11. The van der Waals surface area contributed by atoms with Crippen molar-refractivity contribution in [2.75, 3.05) is 28.4 Å². The number of ether oxygens (including phenoxy) is 5. The Morgan fingerprint density at radius 3 is 1.92 bits per heavy atom. The molecule has 0 fully saturated rings. The Balaban J connectivity index is 2.40. The number of nitriles is 1. The van der Waals surface area contributed by atoms with E-state index in [1.807, 2.05) is 6.07 Å². The van der Waals surface area contributed by atoms with E-state index in [4.69, 9.17) is 28.9 Å². The van der Waals surface area contributed by atoms with Crippen molar-refractivity contribution in [3.05, 3.63) is 41.5 Å². The first kappa shape index (κ1) is 17.9.